The van der Waals surface area contributed by atoms with Crippen LogP contribution in [0.15, 0.2) is 78.9 Å². The van der Waals surface area contributed by atoms with Crippen LogP contribution in [0.4, 0.5) is 5.69 Å². The van der Waals surface area contributed by atoms with Crippen LogP contribution in [0.3, 0.4) is 0 Å². The zero-order chi connectivity index (χ0) is 29.3. The van der Waals surface area contributed by atoms with Crippen molar-refractivity contribution in [2.75, 3.05) is 24.2 Å². The number of nitrogens with zero attached hydrogens (tertiary/aromatic N) is 2. The van der Waals surface area contributed by atoms with E-state index in [4.69, 9.17) is 4.74 Å². The lowest BCUT2D eigenvalue weighted by Crippen LogP contribution is -2.54. The summed E-state index contributed by atoms with van der Waals surface area (Å²) in [7, 11) is -2.36. The molecule has 1 N–H and O–H groups in total. The molecule has 0 radical (unpaired) electrons. The second kappa shape index (κ2) is 14.0. The number of sulfonamides is 1. The Morgan fingerprint density at radius 3 is 2.27 bits per heavy atom. The van der Waals surface area contributed by atoms with Gasteiger partial charge in [-0.15, -0.1) is 0 Å². The highest BCUT2D eigenvalue weighted by Gasteiger charge is 2.33. The van der Waals surface area contributed by atoms with Crippen molar-refractivity contribution in [3.05, 3.63) is 95.6 Å². The Kier molecular flexibility index (Phi) is 10.7. The Morgan fingerprint density at radius 2 is 1.65 bits per heavy atom. The Balaban J connectivity index is 2.07. The van der Waals surface area contributed by atoms with E-state index in [1.165, 1.54) is 12.0 Å². The van der Waals surface area contributed by atoms with Crippen LogP contribution in [0.1, 0.15) is 37.0 Å². The minimum atomic E-state index is -3.85. The van der Waals surface area contributed by atoms with Crippen molar-refractivity contribution in [3.8, 4) is 5.75 Å². The fourth-order valence-corrected chi connectivity index (χ4v) is 5.19. The smallest absolute Gasteiger partial charge is 0.244 e. The first kappa shape index (κ1) is 30.7. The molecule has 0 unspecified atom stereocenters. The van der Waals surface area contributed by atoms with E-state index >= 15 is 0 Å². The minimum absolute atomic E-state index is 0.0921. The third-order valence-electron chi connectivity index (χ3n) is 6.89. The fourth-order valence-electron chi connectivity index (χ4n) is 4.35. The van der Waals surface area contributed by atoms with Gasteiger partial charge in [-0.1, -0.05) is 67.6 Å². The quantitative estimate of drug-likeness (QED) is 0.333. The summed E-state index contributed by atoms with van der Waals surface area (Å²) in [5, 5.41) is 3.03. The van der Waals surface area contributed by atoms with Gasteiger partial charge in [0.15, 0.2) is 0 Å². The van der Waals surface area contributed by atoms with Crippen molar-refractivity contribution in [3.63, 3.8) is 0 Å². The molecule has 8 nitrogen and oxygen atoms in total. The number of methoxy groups -OCH3 is 1. The van der Waals surface area contributed by atoms with Crippen LogP contribution >= 0.6 is 0 Å². The molecule has 0 fully saturated rings. The molecule has 3 aromatic carbocycles. The zero-order valence-electron chi connectivity index (χ0n) is 23.8. The van der Waals surface area contributed by atoms with Crippen LogP contribution in [0.25, 0.3) is 0 Å². The normalized spacial score (nSPS) is 12.7. The van der Waals surface area contributed by atoms with E-state index in [0.717, 1.165) is 33.7 Å². The molecule has 0 bridgehead atoms. The van der Waals surface area contributed by atoms with Gasteiger partial charge in [-0.2, -0.15) is 0 Å². The maximum atomic E-state index is 14.1. The first-order chi connectivity index (χ1) is 19.0. The molecule has 3 aromatic rings. The van der Waals surface area contributed by atoms with Crippen LogP contribution in [0.5, 0.6) is 5.75 Å². The molecule has 0 aliphatic carbocycles. The number of hydrogen-bond acceptors (Lipinski definition) is 5. The minimum Gasteiger partial charge on any atom is -0.497 e. The van der Waals surface area contributed by atoms with Crippen LogP contribution in [0.2, 0.25) is 0 Å². The first-order valence-corrected chi connectivity index (χ1v) is 15.2. The lowest BCUT2D eigenvalue weighted by atomic mass is 10.0. The average molecular weight is 566 g/mol. The van der Waals surface area contributed by atoms with E-state index in [9.17, 15) is 18.0 Å². The first-order valence-electron chi connectivity index (χ1n) is 13.3. The number of aryl methyl sites for hydroxylation is 1. The zero-order valence-corrected chi connectivity index (χ0v) is 24.6. The van der Waals surface area contributed by atoms with Crippen molar-refractivity contribution in [1.82, 2.24) is 10.2 Å². The number of hydrogen-bond donors (Lipinski definition) is 1. The number of carbonyl (C=O) groups is 2. The molecule has 0 aliphatic rings. The highest BCUT2D eigenvalue weighted by Crippen LogP contribution is 2.24. The van der Waals surface area contributed by atoms with Crippen LogP contribution in [0, 0.1) is 6.92 Å². The van der Waals surface area contributed by atoms with E-state index in [1.54, 1.807) is 24.3 Å². The molecule has 0 saturated heterocycles. The van der Waals surface area contributed by atoms with Crippen molar-refractivity contribution in [2.45, 2.75) is 52.2 Å². The number of carbonyl (C=O) groups excluding carboxylic acids is 2. The molecule has 9 heteroatoms. The molecule has 40 heavy (non-hydrogen) atoms. The molecule has 214 valence electrons. The molecule has 3 rings (SSSR count). The molecular weight excluding hydrogens is 526 g/mol. The summed E-state index contributed by atoms with van der Waals surface area (Å²) >= 11 is 0. The summed E-state index contributed by atoms with van der Waals surface area (Å²) in [4.78, 5) is 29.4. The number of benzene rings is 3. The van der Waals surface area contributed by atoms with Gasteiger partial charge in [0.1, 0.15) is 18.3 Å². The largest absolute Gasteiger partial charge is 0.497 e. The van der Waals surface area contributed by atoms with Crippen LogP contribution in [-0.2, 0) is 32.6 Å². The Labute approximate surface area is 238 Å². The molecule has 0 aliphatic heterocycles. The van der Waals surface area contributed by atoms with Crippen LogP contribution in [-0.4, -0.2) is 57.1 Å². The SMILES string of the molecule is CC[C@@H](C)NC(=O)[C@@H](Cc1ccccc1)N(Cc1ccccc1C)C(=O)CN(c1cccc(OC)c1)S(C)(=O)=O. The average Bonchev–Trinajstić information content (AvgIpc) is 2.94. The summed E-state index contributed by atoms with van der Waals surface area (Å²) in [6.07, 6.45) is 2.06. The van der Waals surface area contributed by atoms with E-state index in [2.05, 4.69) is 5.32 Å². The van der Waals surface area contributed by atoms with Crippen molar-refractivity contribution >= 4 is 27.5 Å². The number of amides is 2. The molecular formula is C31H39N3O5S. The molecule has 0 aromatic heterocycles. The van der Waals surface area contributed by atoms with E-state index in [-0.39, 0.29) is 24.9 Å². The van der Waals surface area contributed by atoms with Gasteiger partial charge >= 0.3 is 0 Å². The summed E-state index contributed by atoms with van der Waals surface area (Å²) in [5.41, 5.74) is 3.03. The van der Waals surface area contributed by atoms with Crippen molar-refractivity contribution in [2.24, 2.45) is 0 Å². The molecule has 2 amide bonds. The number of ether oxygens (including phenoxy) is 1. The Bertz CT molecular complexity index is 1390. The van der Waals surface area contributed by atoms with Crippen molar-refractivity contribution in [1.29, 1.82) is 0 Å². The monoisotopic (exact) mass is 565 g/mol. The van der Waals surface area contributed by atoms with E-state index in [0.29, 0.717) is 11.4 Å². The molecule has 2 atom stereocenters. The van der Waals surface area contributed by atoms with Gasteiger partial charge in [0, 0.05) is 25.1 Å². The van der Waals surface area contributed by atoms with Gasteiger partial charge in [-0.3, -0.25) is 13.9 Å². The lowest BCUT2D eigenvalue weighted by molar-refractivity contribution is -0.140. The highest BCUT2D eigenvalue weighted by molar-refractivity contribution is 7.92. The lowest BCUT2D eigenvalue weighted by Gasteiger charge is -2.34. The van der Waals surface area contributed by atoms with Crippen LogP contribution < -0.4 is 14.4 Å². The Morgan fingerprint density at radius 1 is 0.975 bits per heavy atom. The standard InChI is InChI=1S/C31H39N3O5S/c1-6-24(3)32-31(36)29(19-25-14-8-7-9-15-25)33(21-26-16-11-10-13-23(26)2)30(35)22-34(40(5,37)38)27-17-12-18-28(20-27)39-4/h7-18,20,24,29H,6,19,21-22H2,1-5H3,(H,32,36)/t24-,29-/m1/s1. The van der Waals surface area contributed by atoms with Gasteiger partial charge in [-0.05, 0) is 49.1 Å². The second-order valence-corrected chi connectivity index (χ2v) is 11.8. The predicted molar refractivity (Wildman–Crippen MR) is 159 cm³/mol. The van der Waals surface area contributed by atoms with E-state index in [1.807, 2.05) is 75.4 Å². The maximum absolute atomic E-state index is 14.1. The Hall–Kier alpha value is -3.85. The fraction of sp³-hybridized carbons (Fsp3) is 0.355. The summed E-state index contributed by atoms with van der Waals surface area (Å²) in [6.45, 7) is 5.51. The number of anilines is 1. The molecule has 0 spiro atoms. The second-order valence-electron chi connectivity index (χ2n) is 9.94. The van der Waals surface area contributed by atoms with Gasteiger partial charge in [0.2, 0.25) is 21.8 Å². The maximum Gasteiger partial charge on any atom is 0.244 e. The van der Waals surface area contributed by atoms with Crippen molar-refractivity contribution < 1.29 is 22.7 Å². The van der Waals surface area contributed by atoms with Gasteiger partial charge in [0.05, 0.1) is 19.1 Å². The molecule has 0 saturated carbocycles. The topological polar surface area (TPSA) is 96.0 Å². The van der Waals surface area contributed by atoms with Gasteiger partial charge in [0.25, 0.3) is 0 Å². The summed E-state index contributed by atoms with van der Waals surface area (Å²) < 4.78 is 32.2. The van der Waals surface area contributed by atoms with E-state index < -0.39 is 28.5 Å². The van der Waals surface area contributed by atoms with Gasteiger partial charge in [-0.25, -0.2) is 8.42 Å². The third kappa shape index (κ3) is 8.32. The number of rotatable bonds is 13. The third-order valence-corrected chi connectivity index (χ3v) is 8.04. The highest BCUT2D eigenvalue weighted by atomic mass is 32.2. The summed E-state index contributed by atoms with van der Waals surface area (Å²) in [6, 6.07) is 22.8. The van der Waals surface area contributed by atoms with Gasteiger partial charge < -0.3 is 15.0 Å². The molecule has 0 heterocycles. The summed E-state index contributed by atoms with van der Waals surface area (Å²) in [5.74, 6) is -0.311. The number of nitrogens with one attached hydrogen (secondary N) is 1. The predicted octanol–water partition coefficient (Wildman–Crippen LogP) is 4.32.